The summed E-state index contributed by atoms with van der Waals surface area (Å²) in [6, 6.07) is 88.6. The molecule has 0 fully saturated rings. The van der Waals surface area contributed by atoms with Crippen LogP contribution >= 0.6 is 0 Å². The minimum atomic E-state index is -0.179. The van der Waals surface area contributed by atoms with Crippen LogP contribution in [0.15, 0.2) is 243 Å². The molecule has 1 aliphatic rings. The van der Waals surface area contributed by atoms with E-state index in [0.29, 0.717) is 0 Å². The summed E-state index contributed by atoms with van der Waals surface area (Å²) in [5, 5.41) is 2.53. The summed E-state index contributed by atoms with van der Waals surface area (Å²) in [6.07, 6.45) is 0. The molecule has 0 saturated carbocycles. The number of para-hydroxylation sites is 3. The molecule has 0 atom stereocenters. The summed E-state index contributed by atoms with van der Waals surface area (Å²) in [7, 11) is 0. The average molecular weight is 831 g/mol. The minimum absolute atomic E-state index is 0.179. The van der Waals surface area contributed by atoms with Gasteiger partial charge >= 0.3 is 0 Å². The Morgan fingerprint density at radius 2 is 0.723 bits per heavy atom. The molecule has 1 heterocycles. The third kappa shape index (κ3) is 6.65. The first-order chi connectivity index (χ1) is 32.0. The number of rotatable bonds is 8. The van der Waals surface area contributed by atoms with E-state index in [1.165, 1.54) is 94.3 Å². The maximum atomic E-state index is 2.42. The van der Waals surface area contributed by atoms with Gasteiger partial charge in [-0.3, -0.25) is 0 Å². The first kappa shape index (κ1) is 38.5. The van der Waals surface area contributed by atoms with Gasteiger partial charge in [0.05, 0.1) is 11.0 Å². The fourth-order valence-corrected chi connectivity index (χ4v) is 10.2. The second-order valence-corrected chi connectivity index (χ2v) is 17.8. The zero-order chi connectivity index (χ0) is 43.5. The zero-order valence-corrected chi connectivity index (χ0v) is 36.5. The number of anilines is 3. The molecule has 0 amide bonds. The molecule has 0 bridgehead atoms. The molecule has 0 spiro atoms. The SMILES string of the molecule is CC1(C)c2cc(-c3ccc(-c4ccc(-c5ccc6c(c5)c5ccccc5n6-c5ccccc5)cc4)cc3)ccc2-c2ccc(N(c3ccccc3)c3ccc(-c4ccccc4)cc3)cc21. The van der Waals surface area contributed by atoms with Crippen LogP contribution in [-0.4, -0.2) is 4.57 Å². The quantitative estimate of drug-likeness (QED) is 0.148. The molecular weight excluding hydrogens is 785 g/mol. The van der Waals surface area contributed by atoms with Crippen molar-refractivity contribution in [3.63, 3.8) is 0 Å². The summed E-state index contributed by atoms with van der Waals surface area (Å²) in [4.78, 5) is 2.38. The van der Waals surface area contributed by atoms with Gasteiger partial charge in [0.2, 0.25) is 0 Å². The van der Waals surface area contributed by atoms with Crippen LogP contribution in [0.4, 0.5) is 17.1 Å². The van der Waals surface area contributed by atoms with Crippen molar-refractivity contribution in [2.75, 3.05) is 4.90 Å². The Bertz CT molecular complexity index is 3510. The normalized spacial score (nSPS) is 12.6. The van der Waals surface area contributed by atoms with Crippen LogP contribution in [0.3, 0.4) is 0 Å². The van der Waals surface area contributed by atoms with Gasteiger partial charge in [-0.2, -0.15) is 0 Å². The molecule has 0 unspecified atom stereocenters. The van der Waals surface area contributed by atoms with Crippen molar-refractivity contribution in [2.24, 2.45) is 0 Å². The van der Waals surface area contributed by atoms with E-state index in [-0.39, 0.29) is 5.41 Å². The first-order valence-corrected chi connectivity index (χ1v) is 22.6. The Balaban J connectivity index is 0.810. The van der Waals surface area contributed by atoms with Crippen molar-refractivity contribution in [3.05, 3.63) is 254 Å². The molecule has 65 heavy (non-hydrogen) atoms. The van der Waals surface area contributed by atoms with Crippen molar-refractivity contribution in [3.8, 4) is 61.3 Å². The molecule has 0 radical (unpaired) electrons. The number of hydrogen-bond acceptors (Lipinski definition) is 1. The topological polar surface area (TPSA) is 8.17 Å². The van der Waals surface area contributed by atoms with E-state index in [4.69, 9.17) is 0 Å². The fraction of sp³-hybridized carbons (Fsp3) is 0.0476. The van der Waals surface area contributed by atoms with E-state index < -0.39 is 0 Å². The molecule has 2 heteroatoms. The third-order valence-corrected chi connectivity index (χ3v) is 13.6. The van der Waals surface area contributed by atoms with Crippen molar-refractivity contribution in [1.29, 1.82) is 0 Å². The smallest absolute Gasteiger partial charge is 0.0541 e. The van der Waals surface area contributed by atoms with Gasteiger partial charge in [-0.05, 0) is 140 Å². The van der Waals surface area contributed by atoms with Crippen LogP contribution in [-0.2, 0) is 5.41 Å². The maximum absolute atomic E-state index is 2.42. The molecule has 1 aromatic heterocycles. The van der Waals surface area contributed by atoms with E-state index in [1.807, 2.05) is 0 Å². The Hall–Kier alpha value is -8.20. The number of benzene rings is 10. The Labute approximate surface area is 381 Å². The van der Waals surface area contributed by atoms with E-state index in [2.05, 4.69) is 266 Å². The van der Waals surface area contributed by atoms with Crippen LogP contribution in [0, 0.1) is 0 Å². The second kappa shape index (κ2) is 15.6. The van der Waals surface area contributed by atoms with Gasteiger partial charge in [0.1, 0.15) is 0 Å². The molecule has 0 N–H and O–H groups in total. The van der Waals surface area contributed by atoms with Crippen molar-refractivity contribution in [1.82, 2.24) is 4.57 Å². The highest BCUT2D eigenvalue weighted by Crippen LogP contribution is 2.52. The summed E-state index contributed by atoms with van der Waals surface area (Å²) in [5.41, 5.74) is 21.9. The lowest BCUT2D eigenvalue weighted by molar-refractivity contribution is 0.660. The van der Waals surface area contributed by atoms with Gasteiger partial charge in [-0.25, -0.2) is 0 Å². The molecule has 0 aliphatic heterocycles. The highest BCUT2D eigenvalue weighted by Gasteiger charge is 2.36. The van der Waals surface area contributed by atoms with Gasteiger partial charge in [-0.15, -0.1) is 0 Å². The summed E-state index contributed by atoms with van der Waals surface area (Å²) in [6.45, 7) is 4.75. The lowest BCUT2D eigenvalue weighted by Crippen LogP contribution is -2.16. The lowest BCUT2D eigenvalue weighted by Gasteiger charge is -2.28. The third-order valence-electron chi connectivity index (χ3n) is 13.6. The number of nitrogens with zero attached hydrogens (tertiary/aromatic N) is 2. The van der Waals surface area contributed by atoms with Crippen molar-refractivity contribution in [2.45, 2.75) is 19.3 Å². The molecule has 10 aromatic carbocycles. The second-order valence-electron chi connectivity index (χ2n) is 17.8. The number of aromatic nitrogens is 1. The zero-order valence-electron chi connectivity index (χ0n) is 36.5. The molecule has 308 valence electrons. The standard InChI is InChI=1S/C63H46N2/c1-63(2)59-41-50(32-37-55(59)56-38-36-54(42-60(56)63)64(51-16-8-4-9-17-51)53-34-30-46(31-35-53)43-14-6-3-7-15-43)48-28-24-45(25-29-48)44-22-26-47(27-23-44)49-33-39-62-58(40-49)57-20-12-13-21-61(57)65(62)52-18-10-5-11-19-52/h3-42H,1-2H3. The van der Waals surface area contributed by atoms with E-state index in [0.717, 1.165) is 17.1 Å². The fourth-order valence-electron chi connectivity index (χ4n) is 10.2. The molecule has 12 rings (SSSR count). The molecule has 11 aromatic rings. The largest absolute Gasteiger partial charge is 0.310 e. The van der Waals surface area contributed by atoms with Crippen molar-refractivity contribution >= 4 is 38.9 Å². The van der Waals surface area contributed by atoms with Gasteiger partial charge in [0.25, 0.3) is 0 Å². The van der Waals surface area contributed by atoms with Crippen LogP contribution in [0.25, 0.3) is 83.1 Å². The molecule has 2 nitrogen and oxygen atoms in total. The summed E-state index contributed by atoms with van der Waals surface area (Å²) in [5.74, 6) is 0. The van der Waals surface area contributed by atoms with Gasteiger partial charge < -0.3 is 9.47 Å². The highest BCUT2D eigenvalue weighted by molar-refractivity contribution is 6.10. The Morgan fingerprint density at radius 3 is 1.37 bits per heavy atom. The van der Waals surface area contributed by atoms with Crippen LogP contribution < -0.4 is 4.90 Å². The van der Waals surface area contributed by atoms with Crippen LogP contribution in [0.5, 0.6) is 0 Å². The molecule has 0 saturated heterocycles. The van der Waals surface area contributed by atoms with E-state index in [1.54, 1.807) is 0 Å². The minimum Gasteiger partial charge on any atom is -0.310 e. The average Bonchev–Trinajstić information content (AvgIpc) is 3.82. The Kier molecular flexibility index (Phi) is 9.21. The monoisotopic (exact) mass is 830 g/mol. The molecular formula is C63H46N2. The maximum Gasteiger partial charge on any atom is 0.0541 e. The summed E-state index contributed by atoms with van der Waals surface area (Å²) >= 11 is 0. The highest BCUT2D eigenvalue weighted by atomic mass is 15.1. The van der Waals surface area contributed by atoms with Gasteiger partial charge in [0, 0.05) is 38.9 Å². The first-order valence-electron chi connectivity index (χ1n) is 22.6. The van der Waals surface area contributed by atoms with Gasteiger partial charge in [-0.1, -0.05) is 184 Å². The number of hydrogen-bond donors (Lipinski definition) is 0. The Morgan fingerprint density at radius 1 is 0.308 bits per heavy atom. The predicted octanol–water partition coefficient (Wildman–Crippen LogP) is 17.2. The van der Waals surface area contributed by atoms with Crippen molar-refractivity contribution < 1.29 is 0 Å². The van der Waals surface area contributed by atoms with E-state index in [9.17, 15) is 0 Å². The lowest BCUT2D eigenvalue weighted by atomic mass is 9.81. The summed E-state index contributed by atoms with van der Waals surface area (Å²) < 4.78 is 2.37. The van der Waals surface area contributed by atoms with E-state index >= 15 is 0 Å². The number of fused-ring (bicyclic) bond motifs is 6. The molecule has 1 aliphatic carbocycles. The van der Waals surface area contributed by atoms with Crippen LogP contribution in [0.1, 0.15) is 25.0 Å². The van der Waals surface area contributed by atoms with Crippen LogP contribution in [0.2, 0.25) is 0 Å². The predicted molar refractivity (Wildman–Crippen MR) is 275 cm³/mol. The van der Waals surface area contributed by atoms with Gasteiger partial charge in [0.15, 0.2) is 0 Å².